The predicted octanol–water partition coefficient (Wildman–Crippen LogP) is 1.15. The van der Waals surface area contributed by atoms with Gasteiger partial charge >= 0.3 is 0 Å². The van der Waals surface area contributed by atoms with Crippen molar-refractivity contribution < 1.29 is 24.2 Å². The zero-order valence-corrected chi connectivity index (χ0v) is 20.5. The van der Waals surface area contributed by atoms with Crippen molar-refractivity contribution in [3.8, 4) is 6.07 Å². The van der Waals surface area contributed by atoms with Crippen LogP contribution in [0.4, 0.5) is 15.2 Å². The number of likely N-dealkylation sites (tertiary alicyclic amines) is 1. The lowest BCUT2D eigenvalue weighted by Gasteiger charge is -2.34. The lowest BCUT2D eigenvalue weighted by atomic mass is 9.95. The van der Waals surface area contributed by atoms with Crippen LogP contribution in [0, 0.1) is 23.1 Å². The number of halogens is 1. The number of rotatable bonds is 7. The van der Waals surface area contributed by atoms with E-state index in [1.54, 1.807) is 11.4 Å². The third-order valence-electron chi connectivity index (χ3n) is 6.84. The first-order valence-corrected chi connectivity index (χ1v) is 12.8. The normalized spacial score (nSPS) is 20.1. The predicted molar refractivity (Wildman–Crippen MR) is 131 cm³/mol. The van der Waals surface area contributed by atoms with Gasteiger partial charge < -0.3 is 31.1 Å². The van der Waals surface area contributed by atoms with Gasteiger partial charge in [-0.05, 0) is 49.8 Å². The maximum Gasteiger partial charge on any atom is 0.255 e. The number of hydrogen-bond donors (Lipinski definition) is 4. The van der Waals surface area contributed by atoms with E-state index in [0.29, 0.717) is 55.4 Å². The molecule has 0 spiro atoms. The summed E-state index contributed by atoms with van der Waals surface area (Å²) in [5.74, 6) is -1.86. The number of nitriles is 1. The molecule has 5 N–H and O–H groups in total. The van der Waals surface area contributed by atoms with Gasteiger partial charge in [0.25, 0.3) is 11.8 Å². The smallest absolute Gasteiger partial charge is 0.255 e. The number of nitrogens with one attached hydrogen (secondary N) is 1. The number of nitrogens with zero attached hydrogens (tertiary/aromatic N) is 4. The van der Waals surface area contributed by atoms with E-state index in [1.165, 1.54) is 28.4 Å². The minimum atomic E-state index is -1.89. The Labute approximate surface area is 212 Å². The lowest BCUT2D eigenvalue weighted by molar-refractivity contribution is -0.154. The van der Waals surface area contributed by atoms with Crippen molar-refractivity contribution in [3.63, 3.8) is 0 Å². The topological polar surface area (TPSA) is 156 Å². The fraction of sp³-hybridized carbons (Fsp3) is 0.500. The third-order valence-corrected chi connectivity index (χ3v) is 7.53. The van der Waals surface area contributed by atoms with Crippen molar-refractivity contribution >= 4 is 34.0 Å². The molecule has 36 heavy (non-hydrogen) atoms. The maximum atomic E-state index is 13.4. The number of benzene rings is 1. The number of aliphatic hydroxyl groups excluding tert-OH is 2. The molecule has 2 aromatic rings. The molecule has 192 valence electrons. The number of carbonyl (C=O) groups excluding carboxylic acids is 2. The number of hydrogen-bond acceptors (Lipinski definition) is 9. The Bertz CT molecular complexity index is 1150. The van der Waals surface area contributed by atoms with Crippen LogP contribution >= 0.6 is 11.3 Å². The highest BCUT2D eigenvalue weighted by molar-refractivity contribution is 7.13. The maximum absolute atomic E-state index is 13.4. The number of nitrogens with two attached hydrogens (primary N) is 1. The molecule has 2 aliphatic heterocycles. The summed E-state index contributed by atoms with van der Waals surface area (Å²) >= 11 is 1.27. The first kappa shape index (κ1) is 25.8. The minimum absolute atomic E-state index is 0.120. The van der Waals surface area contributed by atoms with Gasteiger partial charge in [-0.15, -0.1) is 11.3 Å². The average Bonchev–Trinajstić information content (AvgIpc) is 3.55. The monoisotopic (exact) mass is 516 g/mol. The van der Waals surface area contributed by atoms with E-state index < -0.39 is 29.8 Å². The van der Waals surface area contributed by atoms with Crippen LogP contribution in [0.15, 0.2) is 23.6 Å². The summed E-state index contributed by atoms with van der Waals surface area (Å²) in [5, 5.41) is 34.9. The highest BCUT2D eigenvalue weighted by atomic mass is 32.1. The number of aromatic nitrogens is 1. The molecule has 2 aliphatic rings. The summed E-state index contributed by atoms with van der Waals surface area (Å²) in [7, 11) is 0. The first-order chi connectivity index (χ1) is 17.3. The fourth-order valence-electron chi connectivity index (χ4n) is 4.84. The molecule has 2 amide bonds. The molecular weight excluding hydrogens is 487 g/mol. The lowest BCUT2D eigenvalue weighted by Crippen LogP contribution is -2.51. The van der Waals surface area contributed by atoms with Crippen LogP contribution in [0.2, 0.25) is 0 Å². The van der Waals surface area contributed by atoms with Crippen LogP contribution in [-0.2, 0) is 9.59 Å². The SMILES string of the molecule is N#Cc1cc(F)ccc1N1CCC(CNC(=O)[C@H](O)[C@@H](O)C(=O)N2CCC[C@@H]2c2csc(N)n2)CC1. The highest BCUT2D eigenvalue weighted by Gasteiger charge is 2.39. The van der Waals surface area contributed by atoms with Gasteiger partial charge in [0.1, 0.15) is 11.9 Å². The molecule has 3 heterocycles. The number of aliphatic hydroxyl groups is 2. The van der Waals surface area contributed by atoms with Crippen LogP contribution in [0.25, 0.3) is 0 Å². The summed E-state index contributed by atoms with van der Waals surface area (Å²) in [6.45, 7) is 1.93. The zero-order valence-electron chi connectivity index (χ0n) is 19.6. The van der Waals surface area contributed by atoms with E-state index >= 15 is 0 Å². The minimum Gasteiger partial charge on any atom is -0.380 e. The standard InChI is InChI=1S/C24H29FN6O4S/c25-16-3-4-18(15(10-16)11-26)30-8-5-14(6-9-30)12-28-22(34)20(32)21(33)23(35)31-7-1-2-19(31)17-13-36-24(27)29-17/h3-4,10,13-14,19-21,32-33H,1-2,5-9,12H2,(H2,27,29)(H,28,34)/t19-,20-,21-/m1/s1. The Morgan fingerprint density at radius 1 is 1.25 bits per heavy atom. The molecule has 0 bridgehead atoms. The summed E-state index contributed by atoms with van der Waals surface area (Å²) < 4.78 is 13.4. The van der Waals surface area contributed by atoms with Crippen molar-refractivity contribution in [2.45, 2.75) is 43.9 Å². The second-order valence-electron chi connectivity index (χ2n) is 9.14. The Morgan fingerprint density at radius 3 is 2.67 bits per heavy atom. The highest BCUT2D eigenvalue weighted by Crippen LogP contribution is 2.33. The van der Waals surface area contributed by atoms with Crippen LogP contribution in [-0.4, -0.2) is 70.3 Å². The van der Waals surface area contributed by atoms with Crippen molar-refractivity contribution in [2.24, 2.45) is 5.92 Å². The molecule has 3 atom stereocenters. The van der Waals surface area contributed by atoms with Gasteiger partial charge in [0.15, 0.2) is 17.3 Å². The number of nitrogen functional groups attached to an aromatic ring is 1. The largest absolute Gasteiger partial charge is 0.380 e. The van der Waals surface area contributed by atoms with Crippen molar-refractivity contribution in [3.05, 3.63) is 40.7 Å². The average molecular weight is 517 g/mol. The summed E-state index contributed by atoms with van der Waals surface area (Å²) in [4.78, 5) is 33.0. The van der Waals surface area contributed by atoms with E-state index in [9.17, 15) is 29.5 Å². The van der Waals surface area contributed by atoms with Crippen LogP contribution < -0.4 is 16.0 Å². The molecule has 0 unspecified atom stereocenters. The van der Waals surface area contributed by atoms with Gasteiger partial charge in [-0.2, -0.15) is 5.26 Å². The van der Waals surface area contributed by atoms with E-state index in [0.717, 1.165) is 6.42 Å². The van der Waals surface area contributed by atoms with E-state index in [4.69, 9.17) is 5.73 Å². The summed E-state index contributed by atoms with van der Waals surface area (Å²) in [5.41, 5.74) is 7.30. The molecule has 0 radical (unpaired) electrons. The molecule has 1 aromatic carbocycles. The van der Waals surface area contributed by atoms with E-state index in [1.807, 2.05) is 11.0 Å². The third kappa shape index (κ3) is 5.59. The Balaban J connectivity index is 1.26. The second-order valence-corrected chi connectivity index (χ2v) is 10.0. The number of carbonyl (C=O) groups is 2. The van der Waals surface area contributed by atoms with Crippen LogP contribution in [0.5, 0.6) is 0 Å². The molecule has 10 nitrogen and oxygen atoms in total. The zero-order chi connectivity index (χ0) is 25.8. The molecule has 0 saturated carbocycles. The van der Waals surface area contributed by atoms with Crippen molar-refractivity contribution in [1.29, 1.82) is 5.26 Å². The van der Waals surface area contributed by atoms with Crippen molar-refractivity contribution in [1.82, 2.24) is 15.2 Å². The summed E-state index contributed by atoms with van der Waals surface area (Å²) in [6, 6.07) is 5.81. The quantitative estimate of drug-likeness (QED) is 0.427. The molecule has 2 saturated heterocycles. The van der Waals surface area contributed by atoms with Gasteiger partial charge in [0, 0.05) is 31.6 Å². The van der Waals surface area contributed by atoms with Crippen LogP contribution in [0.1, 0.15) is 43.0 Å². The fourth-order valence-corrected chi connectivity index (χ4v) is 5.45. The molecule has 2 fully saturated rings. The van der Waals surface area contributed by atoms with E-state index in [-0.39, 0.29) is 24.1 Å². The Kier molecular flexibility index (Phi) is 8.03. The Hall–Kier alpha value is -3.27. The molecule has 1 aromatic heterocycles. The summed E-state index contributed by atoms with van der Waals surface area (Å²) in [6.07, 6.45) is -0.965. The van der Waals surface area contributed by atoms with E-state index in [2.05, 4.69) is 10.3 Å². The number of amides is 2. The number of anilines is 2. The van der Waals surface area contributed by atoms with Gasteiger partial charge in [0.05, 0.1) is 23.0 Å². The van der Waals surface area contributed by atoms with Crippen molar-refractivity contribution in [2.75, 3.05) is 36.8 Å². The second kappa shape index (κ2) is 11.2. The van der Waals surface area contributed by atoms with Gasteiger partial charge in [-0.1, -0.05) is 0 Å². The van der Waals surface area contributed by atoms with Crippen LogP contribution in [0.3, 0.4) is 0 Å². The first-order valence-electron chi connectivity index (χ1n) is 11.9. The molecule has 4 rings (SSSR count). The number of thiazole rings is 1. The van der Waals surface area contributed by atoms with Gasteiger partial charge in [0.2, 0.25) is 0 Å². The van der Waals surface area contributed by atoms with Gasteiger partial charge in [-0.3, -0.25) is 9.59 Å². The number of piperidine rings is 1. The van der Waals surface area contributed by atoms with Gasteiger partial charge in [-0.25, -0.2) is 9.37 Å². The molecule has 0 aliphatic carbocycles. The molecular formula is C24H29FN6O4S. The molecule has 12 heteroatoms. The Morgan fingerprint density at radius 2 is 2.00 bits per heavy atom.